The summed E-state index contributed by atoms with van der Waals surface area (Å²) in [7, 11) is 1.07. The average molecular weight is 440 g/mol. The summed E-state index contributed by atoms with van der Waals surface area (Å²) >= 11 is 1.20. The minimum Gasteiger partial charge on any atom is -0.480 e. The average Bonchev–Trinajstić information content (AvgIpc) is 2.68. The Labute approximate surface area is 177 Å². The van der Waals surface area contributed by atoms with Crippen molar-refractivity contribution in [3.05, 3.63) is 24.3 Å². The van der Waals surface area contributed by atoms with Gasteiger partial charge in [0.05, 0.1) is 0 Å². The Morgan fingerprint density at radius 1 is 1.13 bits per heavy atom. The summed E-state index contributed by atoms with van der Waals surface area (Å²) in [4.78, 5) is 58.6. The molecule has 0 fully saturated rings. The van der Waals surface area contributed by atoms with E-state index >= 15 is 0 Å². The number of carbonyl (C=O) groups is 5. The van der Waals surface area contributed by atoms with E-state index in [0.717, 1.165) is 11.9 Å². The molecule has 0 bridgehead atoms. The Hall–Kier alpha value is -3.12. The van der Waals surface area contributed by atoms with E-state index in [1.165, 1.54) is 18.7 Å². The van der Waals surface area contributed by atoms with E-state index in [1.807, 2.05) is 0 Å². The molecule has 0 saturated carbocycles. The van der Waals surface area contributed by atoms with Gasteiger partial charge in [0.15, 0.2) is 0 Å². The lowest BCUT2D eigenvalue weighted by Gasteiger charge is -2.21. The van der Waals surface area contributed by atoms with E-state index in [1.54, 1.807) is 24.3 Å². The van der Waals surface area contributed by atoms with Gasteiger partial charge in [0.25, 0.3) is 5.91 Å². The number of benzene rings is 1. The first-order chi connectivity index (χ1) is 14.0. The topological polar surface area (TPSA) is 179 Å². The van der Waals surface area contributed by atoms with E-state index in [4.69, 9.17) is 15.9 Å². The fraction of sp³-hybridized carbons (Fsp3) is 0.389. The van der Waals surface area contributed by atoms with Crippen LogP contribution < -0.4 is 16.4 Å². The van der Waals surface area contributed by atoms with Crippen LogP contribution in [0.25, 0.3) is 0 Å². The van der Waals surface area contributed by atoms with Gasteiger partial charge in [0, 0.05) is 36.7 Å². The van der Waals surface area contributed by atoms with Crippen LogP contribution in [0.1, 0.15) is 19.8 Å². The molecule has 4 amide bonds. The lowest BCUT2D eigenvalue weighted by molar-refractivity contribution is -0.139. The van der Waals surface area contributed by atoms with Gasteiger partial charge >= 0.3 is 12.1 Å². The molecule has 0 unspecified atom stereocenters. The van der Waals surface area contributed by atoms with Crippen molar-refractivity contribution in [3.8, 4) is 0 Å². The number of thioether (sulfide) groups is 1. The highest BCUT2D eigenvalue weighted by molar-refractivity contribution is 7.99. The lowest BCUT2D eigenvalue weighted by Crippen LogP contribution is -2.50. The number of hydrogen-bond acceptors (Lipinski definition) is 7. The van der Waals surface area contributed by atoms with Crippen molar-refractivity contribution in [2.24, 2.45) is 5.73 Å². The number of anilines is 1. The Morgan fingerprint density at radius 3 is 2.23 bits per heavy atom. The number of rotatable bonds is 10. The number of nitrogens with one attached hydrogen (secondary N) is 2. The number of aliphatic carboxylic acids is 1. The van der Waals surface area contributed by atoms with E-state index < -0.39 is 36.0 Å². The minimum atomic E-state index is -1.48. The van der Waals surface area contributed by atoms with Crippen LogP contribution in [-0.2, 0) is 19.2 Å². The molecule has 6 N–H and O–H groups in total. The summed E-state index contributed by atoms with van der Waals surface area (Å²) in [5, 5.41) is 22.8. The highest BCUT2D eigenvalue weighted by atomic mass is 32.2. The van der Waals surface area contributed by atoms with Gasteiger partial charge in [0.1, 0.15) is 12.1 Å². The zero-order chi connectivity index (χ0) is 22.8. The Morgan fingerprint density at radius 2 is 1.73 bits per heavy atom. The molecule has 0 aliphatic rings. The van der Waals surface area contributed by atoms with Crippen LogP contribution in [0.4, 0.5) is 10.5 Å². The molecule has 0 aromatic heterocycles. The fourth-order valence-corrected chi connectivity index (χ4v) is 3.11. The van der Waals surface area contributed by atoms with Gasteiger partial charge in [-0.25, -0.2) is 9.69 Å². The molecule has 12 heteroatoms. The molecule has 1 aromatic carbocycles. The van der Waals surface area contributed by atoms with Gasteiger partial charge in [-0.15, -0.1) is 11.8 Å². The second kappa shape index (κ2) is 11.8. The van der Waals surface area contributed by atoms with Crippen molar-refractivity contribution in [1.29, 1.82) is 0 Å². The summed E-state index contributed by atoms with van der Waals surface area (Å²) in [6.07, 6.45) is -1.84. The summed E-state index contributed by atoms with van der Waals surface area (Å²) < 4.78 is 0. The van der Waals surface area contributed by atoms with Gasteiger partial charge < -0.3 is 26.6 Å². The van der Waals surface area contributed by atoms with Crippen LogP contribution in [0.3, 0.4) is 0 Å². The molecule has 11 nitrogen and oxygen atoms in total. The first kappa shape index (κ1) is 24.9. The summed E-state index contributed by atoms with van der Waals surface area (Å²) in [5.41, 5.74) is 5.95. The van der Waals surface area contributed by atoms with Crippen molar-refractivity contribution in [2.75, 3.05) is 18.1 Å². The number of hydrogen-bond donors (Lipinski definition) is 5. The van der Waals surface area contributed by atoms with Crippen molar-refractivity contribution in [1.82, 2.24) is 10.2 Å². The van der Waals surface area contributed by atoms with Crippen LogP contribution >= 0.6 is 11.8 Å². The third-order valence-corrected chi connectivity index (χ3v) is 4.95. The summed E-state index contributed by atoms with van der Waals surface area (Å²) in [6.45, 7) is 1.38. The van der Waals surface area contributed by atoms with Crippen LogP contribution in [0.5, 0.6) is 0 Å². The maximum Gasteiger partial charge on any atom is 0.413 e. The number of nitrogens with zero attached hydrogens (tertiary/aromatic N) is 1. The molecule has 0 heterocycles. The van der Waals surface area contributed by atoms with Crippen LogP contribution in [0.2, 0.25) is 0 Å². The Bertz CT molecular complexity index is 800. The first-order valence-corrected chi connectivity index (χ1v) is 9.78. The predicted molar refractivity (Wildman–Crippen MR) is 109 cm³/mol. The SMILES string of the molecule is CC(=O)Nc1ccc(SC[C@H](NC(=O)CC[C@H](N)C(=O)O)C(=O)N(C)C(=O)O)cc1. The molecule has 0 aliphatic carbocycles. The van der Waals surface area contributed by atoms with E-state index in [9.17, 15) is 24.0 Å². The zero-order valence-corrected chi connectivity index (χ0v) is 17.3. The summed E-state index contributed by atoms with van der Waals surface area (Å²) in [5.74, 6) is -2.89. The maximum atomic E-state index is 12.4. The molecule has 164 valence electrons. The number of imide groups is 1. The molecule has 0 aliphatic heterocycles. The second-order valence-corrected chi connectivity index (χ2v) is 7.39. The number of carboxylic acids is 1. The number of carbonyl (C=O) groups excluding carboxylic acids is 3. The molecule has 0 radical (unpaired) electrons. The van der Waals surface area contributed by atoms with Crippen molar-refractivity contribution in [2.45, 2.75) is 36.7 Å². The van der Waals surface area contributed by atoms with E-state index in [2.05, 4.69) is 10.6 Å². The lowest BCUT2D eigenvalue weighted by atomic mass is 10.1. The zero-order valence-electron chi connectivity index (χ0n) is 16.5. The molecule has 1 aromatic rings. The fourth-order valence-electron chi connectivity index (χ4n) is 2.20. The highest BCUT2D eigenvalue weighted by Crippen LogP contribution is 2.21. The molecule has 1 rings (SSSR count). The number of carboxylic acid groups (broad SMARTS) is 2. The summed E-state index contributed by atoms with van der Waals surface area (Å²) in [6, 6.07) is 4.35. The van der Waals surface area contributed by atoms with E-state index in [0.29, 0.717) is 10.6 Å². The van der Waals surface area contributed by atoms with Crippen LogP contribution in [0, 0.1) is 0 Å². The van der Waals surface area contributed by atoms with Gasteiger partial charge in [-0.3, -0.25) is 19.2 Å². The minimum absolute atomic E-state index is 0.0344. The molecule has 2 atom stereocenters. The second-order valence-electron chi connectivity index (χ2n) is 6.30. The third kappa shape index (κ3) is 8.49. The van der Waals surface area contributed by atoms with Crippen LogP contribution in [-0.4, -0.2) is 69.8 Å². The van der Waals surface area contributed by atoms with Gasteiger partial charge in [-0.05, 0) is 30.7 Å². The van der Waals surface area contributed by atoms with Crippen molar-refractivity contribution in [3.63, 3.8) is 0 Å². The predicted octanol–water partition coefficient (Wildman–Crippen LogP) is 0.550. The van der Waals surface area contributed by atoms with Gasteiger partial charge in [-0.1, -0.05) is 0 Å². The largest absolute Gasteiger partial charge is 0.480 e. The Kier molecular flexibility index (Phi) is 9.78. The Balaban J connectivity index is 2.79. The smallest absolute Gasteiger partial charge is 0.413 e. The molecule has 30 heavy (non-hydrogen) atoms. The van der Waals surface area contributed by atoms with Gasteiger partial charge in [0.2, 0.25) is 11.8 Å². The third-order valence-electron chi connectivity index (χ3n) is 3.84. The molecule has 0 spiro atoms. The first-order valence-electron chi connectivity index (χ1n) is 8.80. The van der Waals surface area contributed by atoms with Crippen molar-refractivity contribution < 1.29 is 34.2 Å². The van der Waals surface area contributed by atoms with Crippen LogP contribution in [0.15, 0.2) is 29.2 Å². The van der Waals surface area contributed by atoms with E-state index in [-0.39, 0.29) is 24.5 Å². The molecular formula is C18H24N4O7S. The number of amides is 4. The van der Waals surface area contributed by atoms with Crippen molar-refractivity contribution >= 4 is 47.2 Å². The standard InChI is InChI=1S/C18H24N4O7S/c1-10(23)20-11-3-5-12(6-4-11)30-9-14(16(25)22(2)18(28)29)21-15(24)8-7-13(19)17(26)27/h3-6,13-14H,7-9,19H2,1-2H3,(H,20,23)(H,21,24)(H,26,27)(H,28,29)/t13-,14-/m0/s1. The normalized spacial score (nSPS) is 12.4. The number of nitrogens with two attached hydrogens (primary N) is 1. The maximum absolute atomic E-state index is 12.4. The molecule has 0 saturated heterocycles. The molecular weight excluding hydrogens is 416 g/mol. The quantitative estimate of drug-likeness (QED) is 0.325. The highest BCUT2D eigenvalue weighted by Gasteiger charge is 2.27. The monoisotopic (exact) mass is 440 g/mol. The van der Waals surface area contributed by atoms with Gasteiger partial charge in [-0.2, -0.15) is 0 Å². The number of likely N-dealkylation sites (N-methyl/N-ethyl adjacent to an activating group) is 1.